The smallest absolute Gasteiger partial charge is 0.326 e. The van der Waals surface area contributed by atoms with E-state index in [0.717, 1.165) is 16.5 Å². The van der Waals surface area contributed by atoms with E-state index in [0.29, 0.717) is 12.8 Å². The Morgan fingerprint density at radius 3 is 2.95 bits per heavy atom. The van der Waals surface area contributed by atoms with Gasteiger partial charge in [0.1, 0.15) is 5.54 Å². The van der Waals surface area contributed by atoms with E-state index in [1.54, 1.807) is 6.08 Å². The minimum absolute atomic E-state index is 0.374. The first-order chi connectivity index (χ1) is 9.10. The molecule has 0 saturated heterocycles. The van der Waals surface area contributed by atoms with Gasteiger partial charge in [-0.1, -0.05) is 24.3 Å². The van der Waals surface area contributed by atoms with Crippen LogP contribution >= 0.6 is 0 Å². The van der Waals surface area contributed by atoms with Crippen molar-refractivity contribution in [1.82, 2.24) is 4.98 Å². The summed E-state index contributed by atoms with van der Waals surface area (Å²) in [4.78, 5) is 15.1. The number of hydrogen-bond donors (Lipinski definition) is 2. The molecule has 4 nitrogen and oxygen atoms in total. The molecule has 0 amide bonds. The number of aromatic nitrogens is 1. The van der Waals surface area contributed by atoms with Crippen molar-refractivity contribution in [3.05, 3.63) is 48.7 Å². The molecule has 0 spiro atoms. The van der Waals surface area contributed by atoms with Gasteiger partial charge in [0.2, 0.25) is 0 Å². The molecular formula is C15H18N2O2. The predicted octanol–water partition coefficient (Wildman–Crippen LogP) is 2.16. The van der Waals surface area contributed by atoms with Crippen LogP contribution in [0.1, 0.15) is 12.0 Å². The first-order valence-electron chi connectivity index (χ1n) is 6.14. The highest BCUT2D eigenvalue weighted by Crippen LogP contribution is 2.24. The van der Waals surface area contributed by atoms with Crippen molar-refractivity contribution in [2.75, 3.05) is 7.11 Å². The molecule has 0 bridgehead atoms. The van der Waals surface area contributed by atoms with Crippen LogP contribution in [0.15, 0.2) is 43.1 Å². The second kappa shape index (κ2) is 5.28. The first kappa shape index (κ1) is 13.4. The average Bonchev–Trinajstić information content (AvgIpc) is 2.81. The van der Waals surface area contributed by atoms with Gasteiger partial charge in [-0.2, -0.15) is 0 Å². The fourth-order valence-electron chi connectivity index (χ4n) is 2.31. The lowest BCUT2D eigenvalue weighted by Gasteiger charge is -2.24. The maximum absolute atomic E-state index is 11.9. The van der Waals surface area contributed by atoms with Gasteiger partial charge < -0.3 is 15.5 Å². The molecule has 4 heteroatoms. The van der Waals surface area contributed by atoms with Gasteiger partial charge in [-0.3, -0.25) is 4.79 Å². The van der Waals surface area contributed by atoms with Crippen LogP contribution in [0, 0.1) is 0 Å². The molecule has 0 aliphatic carbocycles. The monoisotopic (exact) mass is 258 g/mol. The molecule has 1 atom stereocenters. The van der Waals surface area contributed by atoms with E-state index in [1.165, 1.54) is 7.11 Å². The first-order valence-corrected chi connectivity index (χ1v) is 6.14. The molecule has 1 aromatic carbocycles. The number of carbonyl (C=O) groups is 1. The summed E-state index contributed by atoms with van der Waals surface area (Å²) in [5, 5.41) is 1.07. The summed E-state index contributed by atoms with van der Waals surface area (Å²) in [5.41, 5.74) is 7.15. The standard InChI is InChI=1S/C15H18N2O2/c1-3-8-15(16,14(18)19-2)9-11-10-17-13-7-5-4-6-12(11)13/h3-7,10,17H,1,8-9,16H2,2H3/t15-/m0/s1. The van der Waals surface area contributed by atoms with E-state index < -0.39 is 11.5 Å². The second-order valence-corrected chi connectivity index (χ2v) is 4.68. The lowest BCUT2D eigenvalue weighted by Crippen LogP contribution is -2.50. The number of para-hydroxylation sites is 1. The average molecular weight is 258 g/mol. The normalized spacial score (nSPS) is 14.0. The van der Waals surface area contributed by atoms with Gasteiger partial charge in [-0.05, 0) is 18.1 Å². The Labute approximate surface area is 112 Å². The Bertz CT molecular complexity index is 603. The molecule has 3 N–H and O–H groups in total. The zero-order valence-electron chi connectivity index (χ0n) is 11.0. The molecular weight excluding hydrogens is 240 g/mol. The molecule has 0 fully saturated rings. The van der Waals surface area contributed by atoms with Crippen molar-refractivity contribution in [2.24, 2.45) is 5.73 Å². The minimum atomic E-state index is -1.07. The summed E-state index contributed by atoms with van der Waals surface area (Å²) in [5.74, 6) is -0.419. The summed E-state index contributed by atoms with van der Waals surface area (Å²) in [6.45, 7) is 3.66. The summed E-state index contributed by atoms with van der Waals surface area (Å²) in [7, 11) is 1.35. The largest absolute Gasteiger partial charge is 0.468 e. The molecule has 0 aliphatic rings. The van der Waals surface area contributed by atoms with Crippen LogP contribution < -0.4 is 5.73 Å². The maximum Gasteiger partial charge on any atom is 0.326 e. The third-order valence-electron chi connectivity index (χ3n) is 3.28. The maximum atomic E-state index is 11.9. The zero-order chi connectivity index (χ0) is 13.9. The minimum Gasteiger partial charge on any atom is -0.468 e. The molecule has 0 radical (unpaired) electrons. The Kier molecular flexibility index (Phi) is 3.71. The Morgan fingerprint density at radius 2 is 2.26 bits per heavy atom. The van der Waals surface area contributed by atoms with Crippen molar-refractivity contribution < 1.29 is 9.53 Å². The van der Waals surface area contributed by atoms with Gasteiger partial charge in [0.15, 0.2) is 0 Å². The van der Waals surface area contributed by atoms with Gasteiger partial charge in [0, 0.05) is 23.5 Å². The summed E-state index contributed by atoms with van der Waals surface area (Å²) >= 11 is 0. The number of methoxy groups -OCH3 is 1. The number of benzene rings is 1. The molecule has 0 unspecified atom stereocenters. The van der Waals surface area contributed by atoms with Crippen LogP contribution in [0.4, 0.5) is 0 Å². The van der Waals surface area contributed by atoms with E-state index in [1.807, 2.05) is 30.5 Å². The Morgan fingerprint density at radius 1 is 1.53 bits per heavy atom. The second-order valence-electron chi connectivity index (χ2n) is 4.68. The molecule has 19 heavy (non-hydrogen) atoms. The number of nitrogens with one attached hydrogen (secondary N) is 1. The number of nitrogens with two attached hydrogens (primary N) is 1. The molecule has 100 valence electrons. The number of H-pyrrole nitrogens is 1. The van der Waals surface area contributed by atoms with Crippen molar-refractivity contribution in [1.29, 1.82) is 0 Å². The highest BCUT2D eigenvalue weighted by molar-refractivity contribution is 5.86. The number of aromatic amines is 1. The predicted molar refractivity (Wildman–Crippen MR) is 75.8 cm³/mol. The Hall–Kier alpha value is -2.07. The van der Waals surface area contributed by atoms with Crippen molar-refractivity contribution in [2.45, 2.75) is 18.4 Å². The zero-order valence-corrected chi connectivity index (χ0v) is 11.0. The molecule has 1 aromatic heterocycles. The van der Waals surface area contributed by atoms with Crippen LogP contribution in [0.3, 0.4) is 0 Å². The van der Waals surface area contributed by atoms with Gasteiger partial charge >= 0.3 is 5.97 Å². The van der Waals surface area contributed by atoms with Crippen LogP contribution in [0.25, 0.3) is 10.9 Å². The lowest BCUT2D eigenvalue weighted by atomic mass is 9.88. The molecule has 0 saturated carbocycles. The van der Waals surface area contributed by atoms with Gasteiger partial charge in [-0.25, -0.2) is 0 Å². The summed E-state index contributed by atoms with van der Waals surface area (Å²) in [6, 6.07) is 7.92. The number of rotatable bonds is 5. The number of esters is 1. The molecule has 2 rings (SSSR count). The topological polar surface area (TPSA) is 68.1 Å². The summed E-state index contributed by atoms with van der Waals surface area (Å²) in [6.07, 6.45) is 4.32. The number of fused-ring (bicyclic) bond motifs is 1. The van der Waals surface area contributed by atoms with Crippen molar-refractivity contribution in [3.63, 3.8) is 0 Å². The van der Waals surface area contributed by atoms with Crippen LogP contribution in [0.5, 0.6) is 0 Å². The van der Waals surface area contributed by atoms with E-state index in [4.69, 9.17) is 10.5 Å². The quantitative estimate of drug-likeness (QED) is 0.638. The highest BCUT2D eigenvalue weighted by atomic mass is 16.5. The van der Waals surface area contributed by atoms with Gasteiger partial charge in [0.05, 0.1) is 7.11 Å². The van der Waals surface area contributed by atoms with Crippen molar-refractivity contribution in [3.8, 4) is 0 Å². The fraction of sp³-hybridized carbons (Fsp3) is 0.267. The summed E-state index contributed by atoms with van der Waals surface area (Å²) < 4.78 is 4.81. The third kappa shape index (κ3) is 2.53. The molecule has 1 heterocycles. The number of ether oxygens (including phenoxy) is 1. The fourth-order valence-corrected chi connectivity index (χ4v) is 2.31. The Balaban J connectivity index is 2.36. The number of carbonyl (C=O) groups excluding carboxylic acids is 1. The van der Waals surface area contributed by atoms with E-state index in [2.05, 4.69) is 11.6 Å². The van der Waals surface area contributed by atoms with Gasteiger partial charge in [-0.15, -0.1) is 6.58 Å². The highest BCUT2D eigenvalue weighted by Gasteiger charge is 2.34. The van der Waals surface area contributed by atoms with E-state index >= 15 is 0 Å². The van der Waals surface area contributed by atoms with E-state index in [-0.39, 0.29) is 0 Å². The van der Waals surface area contributed by atoms with E-state index in [9.17, 15) is 4.79 Å². The molecule has 0 aliphatic heterocycles. The molecule has 2 aromatic rings. The third-order valence-corrected chi connectivity index (χ3v) is 3.28. The van der Waals surface area contributed by atoms with Crippen LogP contribution in [-0.4, -0.2) is 23.6 Å². The van der Waals surface area contributed by atoms with Gasteiger partial charge in [0.25, 0.3) is 0 Å². The number of hydrogen-bond acceptors (Lipinski definition) is 3. The van der Waals surface area contributed by atoms with Crippen LogP contribution in [0.2, 0.25) is 0 Å². The lowest BCUT2D eigenvalue weighted by molar-refractivity contribution is -0.146. The SMILES string of the molecule is C=CC[C@](N)(Cc1c[nH]c2ccccc12)C(=O)OC. The van der Waals surface area contributed by atoms with Crippen molar-refractivity contribution >= 4 is 16.9 Å². The van der Waals surface area contributed by atoms with Crippen LogP contribution in [-0.2, 0) is 16.0 Å².